The van der Waals surface area contributed by atoms with Crippen LogP contribution in [0.25, 0.3) is 10.9 Å². The molecule has 0 saturated heterocycles. The number of benzene rings is 2. The number of primary amides is 1. The Hall–Kier alpha value is -3.49. The molecule has 1 saturated carbocycles. The molecule has 4 N–H and O–H groups in total. The maximum Gasteiger partial charge on any atom is 0.316 e. The molecule has 4 rings (SSSR count). The summed E-state index contributed by atoms with van der Waals surface area (Å²) < 4.78 is 28.9. The molecule has 1 heterocycles. The van der Waals surface area contributed by atoms with Crippen molar-refractivity contribution in [1.82, 2.24) is 15.1 Å². The Kier molecular flexibility index (Phi) is 6.29. The monoisotopic (exact) mass is 469 g/mol. The summed E-state index contributed by atoms with van der Waals surface area (Å²) in [5.41, 5.74) is 6.83. The summed E-state index contributed by atoms with van der Waals surface area (Å²) in [4.78, 5) is 24.5. The van der Waals surface area contributed by atoms with Crippen LogP contribution in [0.15, 0.2) is 48.5 Å². The van der Waals surface area contributed by atoms with Gasteiger partial charge >= 0.3 is 6.03 Å². The van der Waals surface area contributed by atoms with Crippen molar-refractivity contribution in [2.75, 3.05) is 5.32 Å². The van der Waals surface area contributed by atoms with Crippen LogP contribution in [0, 0.1) is 5.92 Å². The minimum absolute atomic E-state index is 0.0933. The largest absolute Gasteiger partial charge is 0.351 e. The molecule has 1 aliphatic carbocycles. The van der Waals surface area contributed by atoms with E-state index in [9.17, 15) is 18.4 Å². The number of amides is 3. The van der Waals surface area contributed by atoms with E-state index < -0.39 is 17.5 Å². The number of halogens is 2. The molecule has 0 bridgehead atoms. The second-order valence-corrected chi connectivity index (χ2v) is 9.50. The van der Waals surface area contributed by atoms with E-state index in [1.807, 2.05) is 44.2 Å². The molecule has 1 aromatic heterocycles. The number of hydrogen-bond acceptors (Lipinski definition) is 3. The molecule has 1 aliphatic rings. The molecular formula is C25H29F2N5O2. The third-order valence-electron chi connectivity index (χ3n) is 6.42. The number of aromatic nitrogens is 2. The van der Waals surface area contributed by atoms with E-state index in [1.165, 1.54) is 0 Å². The number of nitrogens with zero attached hydrogens (tertiary/aromatic N) is 2. The lowest BCUT2D eigenvalue weighted by Crippen LogP contribution is -2.41. The lowest BCUT2D eigenvalue weighted by molar-refractivity contribution is -0.0475. The van der Waals surface area contributed by atoms with Crippen LogP contribution in [0.1, 0.15) is 55.6 Å². The van der Waals surface area contributed by atoms with E-state index in [0.717, 1.165) is 11.1 Å². The standard InChI is InChI=1S/C25H29F2N5O2/c1-24(2,17-6-5-7-18(14-17)29-23(28)34)30-22(33)21-19-8-3-4-9-20(19)32(31-21)15-16-10-12-25(26,27)13-11-16/h3-9,14,16H,10-13,15H2,1-2H3,(H,30,33)(H3,28,29,34). The van der Waals surface area contributed by atoms with E-state index in [0.29, 0.717) is 30.5 Å². The van der Waals surface area contributed by atoms with Crippen LogP contribution in [-0.2, 0) is 12.1 Å². The number of nitrogens with two attached hydrogens (primary N) is 1. The van der Waals surface area contributed by atoms with Gasteiger partial charge in [0, 0.05) is 30.5 Å². The van der Waals surface area contributed by atoms with Crippen molar-refractivity contribution in [3.63, 3.8) is 0 Å². The van der Waals surface area contributed by atoms with Gasteiger partial charge in [0.15, 0.2) is 5.69 Å². The summed E-state index contributed by atoms with van der Waals surface area (Å²) in [6.45, 7) is 4.21. The lowest BCUT2D eigenvalue weighted by Gasteiger charge is -2.28. The minimum atomic E-state index is -2.58. The average Bonchev–Trinajstić information content (AvgIpc) is 3.13. The van der Waals surface area contributed by atoms with E-state index in [1.54, 1.807) is 22.9 Å². The zero-order chi connectivity index (χ0) is 24.5. The number of fused-ring (bicyclic) bond motifs is 1. The van der Waals surface area contributed by atoms with Crippen LogP contribution in [-0.4, -0.2) is 27.6 Å². The van der Waals surface area contributed by atoms with Crippen LogP contribution in [0.4, 0.5) is 19.3 Å². The number of rotatable bonds is 6. The molecule has 0 atom stereocenters. The summed E-state index contributed by atoms with van der Waals surface area (Å²) in [6, 6.07) is 13.9. The Morgan fingerprint density at radius 3 is 2.56 bits per heavy atom. The van der Waals surface area contributed by atoms with Crippen molar-refractivity contribution in [2.45, 2.75) is 57.5 Å². The smallest absolute Gasteiger partial charge is 0.316 e. The van der Waals surface area contributed by atoms with Crippen LogP contribution < -0.4 is 16.4 Å². The van der Waals surface area contributed by atoms with Crippen molar-refractivity contribution < 1.29 is 18.4 Å². The SMILES string of the molecule is CC(C)(NC(=O)c1nn(CC2CCC(F)(F)CC2)c2ccccc12)c1cccc(NC(N)=O)c1. The molecule has 0 radical (unpaired) electrons. The Balaban J connectivity index is 1.56. The zero-order valence-electron chi connectivity index (χ0n) is 19.3. The fraction of sp³-hybridized carbons (Fsp3) is 0.400. The molecule has 3 aromatic rings. The highest BCUT2D eigenvalue weighted by Gasteiger charge is 2.35. The van der Waals surface area contributed by atoms with E-state index in [4.69, 9.17) is 5.73 Å². The second-order valence-electron chi connectivity index (χ2n) is 9.50. The number of alkyl halides is 2. The van der Waals surface area contributed by atoms with Gasteiger partial charge in [0.05, 0.1) is 11.1 Å². The van der Waals surface area contributed by atoms with Gasteiger partial charge in [-0.1, -0.05) is 30.3 Å². The fourth-order valence-electron chi connectivity index (χ4n) is 4.50. The van der Waals surface area contributed by atoms with Crippen LogP contribution in [0.2, 0.25) is 0 Å². The average molecular weight is 470 g/mol. The molecule has 34 heavy (non-hydrogen) atoms. The minimum Gasteiger partial charge on any atom is -0.351 e. The Morgan fingerprint density at radius 2 is 1.85 bits per heavy atom. The first-order valence-corrected chi connectivity index (χ1v) is 11.4. The van der Waals surface area contributed by atoms with Gasteiger partial charge in [-0.25, -0.2) is 13.6 Å². The van der Waals surface area contributed by atoms with E-state index in [2.05, 4.69) is 15.7 Å². The van der Waals surface area contributed by atoms with Crippen molar-refractivity contribution in [3.05, 3.63) is 59.8 Å². The predicted molar refractivity (Wildman–Crippen MR) is 127 cm³/mol. The quantitative estimate of drug-likeness (QED) is 0.472. The van der Waals surface area contributed by atoms with Gasteiger partial charge in [0.1, 0.15) is 0 Å². The first kappa shape index (κ1) is 23.7. The number of hydrogen-bond donors (Lipinski definition) is 3. The van der Waals surface area contributed by atoms with Gasteiger partial charge in [-0.2, -0.15) is 5.10 Å². The summed E-state index contributed by atoms with van der Waals surface area (Å²) in [5, 5.41) is 10.9. The van der Waals surface area contributed by atoms with E-state index in [-0.39, 0.29) is 30.4 Å². The number of nitrogens with one attached hydrogen (secondary N) is 2. The van der Waals surface area contributed by atoms with Gasteiger partial charge in [0.2, 0.25) is 5.92 Å². The Labute approximate surface area is 196 Å². The summed E-state index contributed by atoms with van der Waals surface area (Å²) in [5.74, 6) is -2.83. The third kappa shape index (κ3) is 5.18. The van der Waals surface area contributed by atoms with Crippen LogP contribution in [0.3, 0.4) is 0 Å². The molecule has 9 heteroatoms. The van der Waals surface area contributed by atoms with Crippen molar-refractivity contribution in [3.8, 4) is 0 Å². The highest BCUT2D eigenvalue weighted by atomic mass is 19.3. The third-order valence-corrected chi connectivity index (χ3v) is 6.42. The maximum absolute atomic E-state index is 13.6. The molecule has 1 fully saturated rings. The Bertz CT molecular complexity index is 1210. The van der Waals surface area contributed by atoms with Gasteiger partial charge in [-0.05, 0) is 56.4 Å². The summed E-state index contributed by atoms with van der Waals surface area (Å²) in [7, 11) is 0. The van der Waals surface area contributed by atoms with Crippen molar-refractivity contribution in [2.24, 2.45) is 11.7 Å². The molecular weight excluding hydrogens is 440 g/mol. The molecule has 2 aromatic carbocycles. The zero-order valence-corrected chi connectivity index (χ0v) is 19.3. The highest BCUT2D eigenvalue weighted by molar-refractivity contribution is 6.05. The van der Waals surface area contributed by atoms with Crippen LogP contribution >= 0.6 is 0 Å². The maximum atomic E-state index is 13.6. The second kappa shape index (κ2) is 9.04. The molecule has 3 amide bonds. The molecule has 180 valence electrons. The van der Waals surface area contributed by atoms with Crippen LogP contribution in [0.5, 0.6) is 0 Å². The number of urea groups is 1. The number of carbonyl (C=O) groups is 2. The summed E-state index contributed by atoms with van der Waals surface area (Å²) in [6.07, 6.45) is 0.654. The normalized spacial score (nSPS) is 16.4. The first-order valence-electron chi connectivity index (χ1n) is 11.4. The molecule has 0 unspecified atom stereocenters. The fourth-order valence-corrected chi connectivity index (χ4v) is 4.50. The van der Waals surface area contributed by atoms with Gasteiger partial charge in [-0.3, -0.25) is 9.48 Å². The lowest BCUT2D eigenvalue weighted by atomic mass is 9.87. The highest BCUT2D eigenvalue weighted by Crippen LogP contribution is 2.37. The molecule has 0 spiro atoms. The van der Waals surface area contributed by atoms with E-state index >= 15 is 0 Å². The number of carbonyl (C=O) groups excluding carboxylic acids is 2. The predicted octanol–water partition coefficient (Wildman–Crippen LogP) is 5.02. The van der Waals surface area contributed by atoms with Crippen molar-refractivity contribution in [1.29, 1.82) is 0 Å². The molecule has 7 nitrogen and oxygen atoms in total. The topological polar surface area (TPSA) is 102 Å². The number of anilines is 1. The van der Waals surface area contributed by atoms with Crippen molar-refractivity contribution >= 4 is 28.5 Å². The summed E-state index contributed by atoms with van der Waals surface area (Å²) >= 11 is 0. The van der Waals surface area contributed by atoms with Gasteiger partial charge < -0.3 is 16.4 Å². The van der Waals surface area contributed by atoms with Gasteiger partial charge in [-0.15, -0.1) is 0 Å². The van der Waals surface area contributed by atoms with Gasteiger partial charge in [0.25, 0.3) is 5.91 Å². The Morgan fingerprint density at radius 1 is 1.15 bits per heavy atom. The first-order chi connectivity index (χ1) is 16.0. The number of para-hydroxylation sites is 1. The molecule has 0 aliphatic heterocycles.